The predicted molar refractivity (Wildman–Crippen MR) is 105 cm³/mol. The van der Waals surface area contributed by atoms with Crippen LogP contribution >= 0.6 is 0 Å². The van der Waals surface area contributed by atoms with Gasteiger partial charge in [-0.2, -0.15) is 0 Å². The Hall–Kier alpha value is -2.25. The molecule has 2 aromatic rings. The van der Waals surface area contributed by atoms with Gasteiger partial charge in [0.25, 0.3) is 0 Å². The molecule has 0 amide bonds. The Kier molecular flexibility index (Phi) is 10.9. The van der Waals surface area contributed by atoms with Crippen molar-refractivity contribution in [3.63, 3.8) is 0 Å². The third-order valence-electron chi connectivity index (χ3n) is 4.12. The van der Waals surface area contributed by atoms with Gasteiger partial charge in [-0.15, -0.1) is 0 Å². The van der Waals surface area contributed by atoms with Crippen molar-refractivity contribution in [2.24, 2.45) is 0 Å². The molecule has 1 atom stereocenters. The van der Waals surface area contributed by atoms with E-state index in [1.54, 1.807) is 24.3 Å². The lowest BCUT2D eigenvalue weighted by Crippen LogP contribution is -2.17. The van der Waals surface area contributed by atoms with Gasteiger partial charge in [0.2, 0.25) is 0 Å². The number of carbonyl (C=O) groups excluding carboxylic acids is 1. The molecule has 28 heavy (non-hydrogen) atoms. The maximum absolute atomic E-state index is 11.6. The number of esters is 1. The Bertz CT molecular complexity index is 647. The van der Waals surface area contributed by atoms with Crippen molar-refractivity contribution < 1.29 is 29.1 Å². The summed E-state index contributed by atoms with van der Waals surface area (Å²) in [6, 6.07) is 18.6. The summed E-state index contributed by atoms with van der Waals surface area (Å²) in [4.78, 5) is 16.2. The van der Waals surface area contributed by atoms with E-state index in [9.17, 15) is 4.79 Å². The van der Waals surface area contributed by atoms with E-state index in [4.69, 9.17) is 19.5 Å². The van der Waals surface area contributed by atoms with E-state index >= 15 is 0 Å². The second kappa shape index (κ2) is 13.8. The van der Waals surface area contributed by atoms with Crippen LogP contribution in [0.4, 0.5) is 0 Å². The van der Waals surface area contributed by atoms with Crippen LogP contribution in [0.3, 0.4) is 0 Å². The van der Waals surface area contributed by atoms with Crippen molar-refractivity contribution in [2.75, 3.05) is 26.4 Å². The van der Waals surface area contributed by atoms with E-state index in [-0.39, 0.29) is 12.7 Å². The molecule has 0 fully saturated rings. The van der Waals surface area contributed by atoms with E-state index in [2.05, 4.69) is 4.89 Å². The topological polar surface area (TPSA) is 74.2 Å². The highest BCUT2D eigenvalue weighted by Gasteiger charge is 2.11. The van der Waals surface area contributed by atoms with Gasteiger partial charge in [-0.1, -0.05) is 61.4 Å². The summed E-state index contributed by atoms with van der Waals surface area (Å²) < 4.78 is 15.9. The van der Waals surface area contributed by atoms with Gasteiger partial charge in [0.15, 0.2) is 0 Å². The van der Waals surface area contributed by atoms with Gasteiger partial charge in [0, 0.05) is 6.61 Å². The van der Waals surface area contributed by atoms with E-state index in [1.807, 2.05) is 36.4 Å². The molecule has 0 saturated heterocycles. The van der Waals surface area contributed by atoms with Crippen LogP contribution in [0.2, 0.25) is 0 Å². The molecule has 6 nitrogen and oxygen atoms in total. The SMILES string of the molecule is O=C(COCCOCCCCCC(OO)c1ccccc1)Oc1ccccc1. The molecule has 0 aliphatic rings. The average molecular weight is 388 g/mol. The molecular formula is C22H28O6. The first-order valence-corrected chi connectivity index (χ1v) is 9.56. The molecule has 1 unspecified atom stereocenters. The molecule has 0 aliphatic heterocycles. The number of hydrogen-bond acceptors (Lipinski definition) is 6. The smallest absolute Gasteiger partial charge is 0.337 e. The molecular weight excluding hydrogens is 360 g/mol. The van der Waals surface area contributed by atoms with E-state index < -0.39 is 5.97 Å². The number of benzene rings is 2. The monoisotopic (exact) mass is 388 g/mol. The van der Waals surface area contributed by atoms with Crippen molar-refractivity contribution >= 4 is 5.97 Å². The quantitative estimate of drug-likeness (QED) is 0.170. The molecule has 2 rings (SSSR count). The number of hydrogen-bond donors (Lipinski definition) is 1. The number of carbonyl (C=O) groups is 1. The van der Waals surface area contributed by atoms with Crippen LogP contribution in [0.5, 0.6) is 5.75 Å². The van der Waals surface area contributed by atoms with Crippen molar-refractivity contribution in [1.29, 1.82) is 0 Å². The Morgan fingerprint density at radius 3 is 2.21 bits per heavy atom. The molecule has 152 valence electrons. The first-order valence-electron chi connectivity index (χ1n) is 9.56. The molecule has 0 saturated carbocycles. The molecule has 0 spiro atoms. The molecule has 0 bridgehead atoms. The van der Waals surface area contributed by atoms with Gasteiger partial charge in [-0.3, -0.25) is 5.26 Å². The van der Waals surface area contributed by atoms with E-state index in [0.29, 0.717) is 25.6 Å². The zero-order chi connectivity index (χ0) is 19.9. The highest BCUT2D eigenvalue weighted by atomic mass is 17.1. The summed E-state index contributed by atoms with van der Waals surface area (Å²) in [5.41, 5.74) is 0.976. The van der Waals surface area contributed by atoms with Crippen LogP contribution in [-0.2, 0) is 19.2 Å². The number of rotatable bonds is 14. The maximum atomic E-state index is 11.6. The Balaban J connectivity index is 1.42. The first kappa shape index (κ1) is 22.0. The van der Waals surface area contributed by atoms with Gasteiger partial charge < -0.3 is 14.2 Å². The predicted octanol–water partition coefficient (Wildman–Crippen LogP) is 4.42. The maximum Gasteiger partial charge on any atom is 0.337 e. The van der Waals surface area contributed by atoms with Crippen LogP contribution in [0, 0.1) is 0 Å². The zero-order valence-electron chi connectivity index (χ0n) is 16.0. The fourth-order valence-electron chi connectivity index (χ4n) is 2.68. The molecule has 0 aromatic heterocycles. The van der Waals surface area contributed by atoms with Crippen molar-refractivity contribution in [2.45, 2.75) is 31.8 Å². The number of unbranched alkanes of at least 4 members (excludes halogenated alkanes) is 2. The highest BCUT2D eigenvalue weighted by Crippen LogP contribution is 2.22. The molecule has 2 aromatic carbocycles. The fourth-order valence-corrected chi connectivity index (χ4v) is 2.68. The molecule has 1 N–H and O–H groups in total. The largest absolute Gasteiger partial charge is 0.425 e. The lowest BCUT2D eigenvalue weighted by Gasteiger charge is -2.13. The first-order chi connectivity index (χ1) is 13.8. The summed E-state index contributed by atoms with van der Waals surface area (Å²) in [6.45, 7) is 1.32. The molecule has 6 heteroatoms. The van der Waals surface area contributed by atoms with Crippen LogP contribution in [0.25, 0.3) is 0 Å². The summed E-state index contributed by atoms with van der Waals surface area (Å²) in [6.07, 6.45) is 3.31. The third kappa shape index (κ3) is 9.10. The minimum absolute atomic E-state index is 0.0969. The van der Waals surface area contributed by atoms with Gasteiger partial charge in [-0.25, -0.2) is 9.68 Å². The van der Waals surface area contributed by atoms with Gasteiger partial charge >= 0.3 is 5.97 Å². The van der Waals surface area contributed by atoms with Crippen molar-refractivity contribution in [3.8, 4) is 5.75 Å². The van der Waals surface area contributed by atoms with Gasteiger partial charge in [-0.05, 0) is 30.5 Å². The standard InChI is InChI=1S/C22H28O6/c23-22(27-20-12-6-2-7-13-20)18-26-17-16-25-15-9-3-8-14-21(28-24)19-10-4-1-5-11-19/h1-2,4-7,10-13,21,24H,3,8-9,14-18H2. The van der Waals surface area contributed by atoms with Crippen LogP contribution < -0.4 is 4.74 Å². The minimum Gasteiger partial charge on any atom is -0.425 e. The second-order valence-electron chi connectivity index (χ2n) is 6.31. The van der Waals surface area contributed by atoms with Gasteiger partial charge in [0.05, 0.1) is 13.2 Å². The highest BCUT2D eigenvalue weighted by molar-refractivity contribution is 5.73. The van der Waals surface area contributed by atoms with Gasteiger partial charge in [0.1, 0.15) is 18.5 Å². The summed E-state index contributed by atoms with van der Waals surface area (Å²) in [5.74, 6) is 0.0822. The van der Waals surface area contributed by atoms with Crippen molar-refractivity contribution in [3.05, 3.63) is 66.2 Å². The Labute approximate surface area is 165 Å². The van der Waals surface area contributed by atoms with E-state index in [1.165, 1.54) is 0 Å². The average Bonchev–Trinajstić information content (AvgIpc) is 2.73. The lowest BCUT2D eigenvalue weighted by molar-refractivity contribution is -0.283. The molecule has 0 radical (unpaired) electrons. The number of para-hydroxylation sites is 1. The Morgan fingerprint density at radius 1 is 0.821 bits per heavy atom. The van der Waals surface area contributed by atoms with Crippen LogP contribution in [0.15, 0.2) is 60.7 Å². The molecule has 0 aliphatic carbocycles. The normalized spacial score (nSPS) is 11.9. The second-order valence-corrected chi connectivity index (χ2v) is 6.31. The Morgan fingerprint density at radius 2 is 1.50 bits per heavy atom. The third-order valence-corrected chi connectivity index (χ3v) is 4.12. The van der Waals surface area contributed by atoms with Crippen molar-refractivity contribution in [1.82, 2.24) is 0 Å². The minimum atomic E-state index is -0.426. The summed E-state index contributed by atoms with van der Waals surface area (Å²) in [5, 5.41) is 9.05. The van der Waals surface area contributed by atoms with Crippen LogP contribution in [-0.4, -0.2) is 37.7 Å². The van der Waals surface area contributed by atoms with Crippen LogP contribution in [0.1, 0.15) is 37.4 Å². The fraction of sp³-hybridized carbons (Fsp3) is 0.409. The zero-order valence-corrected chi connectivity index (χ0v) is 16.0. The lowest BCUT2D eigenvalue weighted by atomic mass is 10.0. The number of ether oxygens (including phenoxy) is 3. The summed E-state index contributed by atoms with van der Waals surface area (Å²) in [7, 11) is 0. The molecule has 0 heterocycles. The van der Waals surface area contributed by atoms with E-state index in [0.717, 1.165) is 31.2 Å². The summed E-state index contributed by atoms with van der Waals surface area (Å²) >= 11 is 0.